The third kappa shape index (κ3) is 4.61. The van der Waals surface area contributed by atoms with Crippen LogP contribution in [0.25, 0.3) is 11.2 Å². The quantitative estimate of drug-likeness (QED) is 0.453. The first-order chi connectivity index (χ1) is 16.7. The number of nitrogens with one attached hydrogen (secondary N) is 2. The van der Waals surface area contributed by atoms with Gasteiger partial charge in [0.25, 0.3) is 0 Å². The standard InChI is InChI=1S/C25H35N7O2/c1-33-20-8-5-9-21(34-2)19(20)14-27-23-22-24(32(15-28-22)18-6-3-4-7-18)31-25(30-23)29-17-12-10-16(26)11-13-17/h5,8-9,15-18H,3-4,6-7,10-14,26H2,1-2H3,(H2,27,29,30,31)/t16-,17-. The van der Waals surface area contributed by atoms with Crippen LogP contribution in [0.3, 0.4) is 0 Å². The summed E-state index contributed by atoms with van der Waals surface area (Å²) in [4.78, 5) is 14.5. The number of imidazole rings is 1. The van der Waals surface area contributed by atoms with E-state index in [0.29, 0.717) is 36.4 Å². The van der Waals surface area contributed by atoms with Gasteiger partial charge < -0.3 is 30.4 Å². The molecule has 0 saturated heterocycles. The van der Waals surface area contributed by atoms with E-state index in [0.717, 1.165) is 53.9 Å². The number of anilines is 2. The number of methoxy groups -OCH3 is 2. The molecule has 9 heteroatoms. The fourth-order valence-corrected chi connectivity index (χ4v) is 5.27. The van der Waals surface area contributed by atoms with E-state index < -0.39 is 0 Å². The summed E-state index contributed by atoms with van der Waals surface area (Å²) in [6.45, 7) is 0.493. The molecule has 0 spiro atoms. The summed E-state index contributed by atoms with van der Waals surface area (Å²) in [7, 11) is 3.34. The molecule has 9 nitrogen and oxygen atoms in total. The van der Waals surface area contributed by atoms with Gasteiger partial charge in [-0.05, 0) is 50.7 Å². The summed E-state index contributed by atoms with van der Waals surface area (Å²) in [6, 6.07) is 6.88. The molecule has 2 aliphatic carbocycles. The van der Waals surface area contributed by atoms with Crippen molar-refractivity contribution in [3.05, 3.63) is 30.1 Å². The maximum Gasteiger partial charge on any atom is 0.227 e. The minimum Gasteiger partial charge on any atom is -0.496 e. The van der Waals surface area contributed by atoms with Crippen LogP contribution in [0.4, 0.5) is 11.8 Å². The van der Waals surface area contributed by atoms with Crippen LogP contribution in [0, 0.1) is 0 Å². The first kappa shape index (κ1) is 22.7. The van der Waals surface area contributed by atoms with Gasteiger partial charge in [-0.25, -0.2) is 4.98 Å². The van der Waals surface area contributed by atoms with Gasteiger partial charge >= 0.3 is 0 Å². The zero-order valence-electron chi connectivity index (χ0n) is 20.1. The lowest BCUT2D eigenvalue weighted by molar-refractivity contribution is 0.386. The van der Waals surface area contributed by atoms with Crippen LogP contribution in [0.2, 0.25) is 0 Å². The molecule has 2 aromatic heterocycles. The van der Waals surface area contributed by atoms with Crippen molar-refractivity contribution in [3.63, 3.8) is 0 Å². The zero-order chi connectivity index (χ0) is 23.5. The van der Waals surface area contributed by atoms with Gasteiger partial charge in [0, 0.05) is 24.7 Å². The summed E-state index contributed by atoms with van der Waals surface area (Å²) < 4.78 is 13.4. The highest BCUT2D eigenvalue weighted by molar-refractivity contribution is 5.84. The molecule has 2 heterocycles. The van der Waals surface area contributed by atoms with Crippen LogP contribution >= 0.6 is 0 Å². The third-order valence-electron chi connectivity index (χ3n) is 7.21. The van der Waals surface area contributed by atoms with Gasteiger partial charge in [-0.2, -0.15) is 9.97 Å². The van der Waals surface area contributed by atoms with Gasteiger partial charge in [0.15, 0.2) is 17.0 Å². The van der Waals surface area contributed by atoms with Gasteiger partial charge in [-0.15, -0.1) is 0 Å². The number of ether oxygens (including phenoxy) is 2. The van der Waals surface area contributed by atoms with Crippen LogP contribution < -0.4 is 25.8 Å². The Bertz CT molecular complexity index is 1100. The second-order valence-electron chi connectivity index (χ2n) is 9.41. The molecule has 0 radical (unpaired) electrons. The average Bonchev–Trinajstić information content (AvgIpc) is 3.53. The first-order valence-corrected chi connectivity index (χ1v) is 12.4. The van der Waals surface area contributed by atoms with Gasteiger partial charge in [-0.3, -0.25) is 0 Å². The van der Waals surface area contributed by atoms with Crippen molar-refractivity contribution in [3.8, 4) is 11.5 Å². The monoisotopic (exact) mass is 465 g/mol. The van der Waals surface area contributed by atoms with E-state index in [1.807, 2.05) is 24.5 Å². The maximum absolute atomic E-state index is 6.11. The van der Waals surface area contributed by atoms with Crippen molar-refractivity contribution in [2.75, 3.05) is 24.9 Å². The second kappa shape index (κ2) is 10.0. The largest absolute Gasteiger partial charge is 0.496 e. The Morgan fingerprint density at radius 2 is 1.71 bits per heavy atom. The van der Waals surface area contributed by atoms with Gasteiger partial charge in [0.2, 0.25) is 5.95 Å². The summed E-state index contributed by atoms with van der Waals surface area (Å²) in [5.41, 5.74) is 8.71. The van der Waals surface area contributed by atoms with Crippen molar-refractivity contribution in [2.24, 2.45) is 5.73 Å². The molecule has 4 N–H and O–H groups in total. The molecular formula is C25H35N7O2. The van der Waals surface area contributed by atoms with E-state index in [1.54, 1.807) is 14.2 Å². The number of nitrogens with two attached hydrogens (primary N) is 1. The maximum atomic E-state index is 6.11. The van der Waals surface area contributed by atoms with Crippen molar-refractivity contribution in [1.82, 2.24) is 19.5 Å². The predicted octanol–water partition coefficient (Wildman–Crippen LogP) is 4.25. The van der Waals surface area contributed by atoms with Crippen LogP contribution in [0.5, 0.6) is 11.5 Å². The Morgan fingerprint density at radius 1 is 1.00 bits per heavy atom. The Balaban J connectivity index is 1.47. The fourth-order valence-electron chi connectivity index (χ4n) is 5.27. The second-order valence-corrected chi connectivity index (χ2v) is 9.41. The van der Waals surface area contributed by atoms with E-state index in [2.05, 4.69) is 15.2 Å². The normalized spacial score (nSPS) is 21.0. The Labute approximate surface area is 200 Å². The number of aromatic nitrogens is 4. The van der Waals surface area contributed by atoms with Crippen molar-refractivity contribution in [2.45, 2.75) is 76.0 Å². The number of nitrogens with zero attached hydrogens (tertiary/aromatic N) is 4. The van der Waals surface area contributed by atoms with Gasteiger partial charge in [0.1, 0.15) is 11.5 Å². The summed E-state index contributed by atoms with van der Waals surface area (Å²) in [5, 5.41) is 7.07. The van der Waals surface area contributed by atoms with Gasteiger partial charge in [0.05, 0.1) is 26.1 Å². The molecule has 2 saturated carbocycles. The zero-order valence-corrected chi connectivity index (χ0v) is 20.1. The van der Waals surface area contributed by atoms with Crippen LogP contribution in [-0.2, 0) is 6.54 Å². The average molecular weight is 466 g/mol. The minimum absolute atomic E-state index is 0.304. The van der Waals surface area contributed by atoms with E-state index in [1.165, 1.54) is 25.7 Å². The molecule has 0 amide bonds. The molecule has 0 unspecified atom stereocenters. The highest BCUT2D eigenvalue weighted by atomic mass is 16.5. The molecule has 5 rings (SSSR count). The lowest BCUT2D eigenvalue weighted by atomic mass is 9.92. The number of fused-ring (bicyclic) bond motifs is 1. The van der Waals surface area contributed by atoms with Crippen LogP contribution in [0.1, 0.15) is 63.0 Å². The number of rotatable bonds is 8. The van der Waals surface area contributed by atoms with E-state index in [9.17, 15) is 0 Å². The molecule has 3 aromatic rings. The smallest absolute Gasteiger partial charge is 0.227 e. The molecule has 34 heavy (non-hydrogen) atoms. The molecular weight excluding hydrogens is 430 g/mol. The fraction of sp³-hybridized carbons (Fsp3) is 0.560. The van der Waals surface area contributed by atoms with Crippen molar-refractivity contribution in [1.29, 1.82) is 0 Å². The SMILES string of the molecule is COc1cccc(OC)c1CNc1nc(N[C@H]2CC[C@H](N)CC2)nc2c1ncn2C1CCCC1. The van der Waals surface area contributed by atoms with E-state index >= 15 is 0 Å². The topological polar surface area (TPSA) is 112 Å². The van der Waals surface area contributed by atoms with Crippen LogP contribution in [-0.4, -0.2) is 45.8 Å². The predicted molar refractivity (Wildman–Crippen MR) is 134 cm³/mol. The van der Waals surface area contributed by atoms with Crippen LogP contribution in [0.15, 0.2) is 24.5 Å². The molecule has 0 atom stereocenters. The summed E-state index contributed by atoms with van der Waals surface area (Å²) in [5.74, 6) is 2.89. The lowest BCUT2D eigenvalue weighted by Gasteiger charge is -2.27. The highest BCUT2D eigenvalue weighted by Gasteiger charge is 2.24. The molecule has 182 valence electrons. The Hall–Kier alpha value is -3.07. The number of hydrogen-bond donors (Lipinski definition) is 3. The van der Waals surface area contributed by atoms with Gasteiger partial charge in [-0.1, -0.05) is 18.9 Å². The first-order valence-electron chi connectivity index (χ1n) is 12.4. The molecule has 0 bridgehead atoms. The van der Waals surface area contributed by atoms with E-state index in [-0.39, 0.29) is 0 Å². The number of hydrogen-bond acceptors (Lipinski definition) is 8. The lowest BCUT2D eigenvalue weighted by Crippen LogP contribution is -2.33. The molecule has 2 aliphatic rings. The molecule has 2 fully saturated rings. The molecule has 0 aliphatic heterocycles. The Morgan fingerprint density at radius 3 is 2.38 bits per heavy atom. The van der Waals surface area contributed by atoms with E-state index in [4.69, 9.17) is 30.2 Å². The summed E-state index contributed by atoms with van der Waals surface area (Å²) in [6.07, 6.45) is 10.9. The summed E-state index contributed by atoms with van der Waals surface area (Å²) >= 11 is 0. The third-order valence-corrected chi connectivity index (χ3v) is 7.21. The van der Waals surface area contributed by atoms with Crippen molar-refractivity contribution < 1.29 is 9.47 Å². The minimum atomic E-state index is 0.304. The number of benzene rings is 1. The molecule has 1 aromatic carbocycles. The van der Waals surface area contributed by atoms with Crippen molar-refractivity contribution >= 4 is 22.9 Å². The Kier molecular flexibility index (Phi) is 6.71. The highest BCUT2D eigenvalue weighted by Crippen LogP contribution is 2.34.